The number of carbonyl (C=O) groups excluding carboxylic acids is 2. The average Bonchev–Trinajstić information content (AvgIpc) is 2.84. The van der Waals surface area contributed by atoms with Gasteiger partial charge in [-0.2, -0.15) is 0 Å². The van der Waals surface area contributed by atoms with E-state index in [1.54, 1.807) is 47.6 Å². The minimum atomic E-state index is -1.06. The van der Waals surface area contributed by atoms with Gasteiger partial charge in [-0.25, -0.2) is 19.6 Å². The minimum absolute atomic E-state index is 0.0240. The van der Waals surface area contributed by atoms with Gasteiger partial charge >= 0.3 is 23.7 Å². The number of hydrogen-bond acceptors (Lipinski definition) is 14. The van der Waals surface area contributed by atoms with Gasteiger partial charge in [-0.05, 0) is 60.1 Å². The molecule has 0 atom stereocenters. The minimum Gasteiger partial charge on any atom is -0.428 e. The molecule has 0 aliphatic heterocycles. The highest BCUT2D eigenvalue weighted by Crippen LogP contribution is 2.20. The lowest BCUT2D eigenvalue weighted by Crippen LogP contribution is -2.29. The number of carbonyl (C=O) groups is 2. The van der Waals surface area contributed by atoms with Crippen LogP contribution in [0.1, 0.15) is 54.9 Å². The molecule has 0 aromatic carbocycles. The molecule has 0 fully saturated rings. The molecule has 0 aliphatic rings. The summed E-state index contributed by atoms with van der Waals surface area (Å²) in [5, 5.41) is 26.6. The highest BCUT2D eigenvalue weighted by atomic mass is 16.8. The Morgan fingerprint density at radius 3 is 1.54 bits per heavy atom. The van der Waals surface area contributed by atoms with Crippen LogP contribution in [0.3, 0.4) is 0 Å². The Bertz CT molecular complexity index is 1050. The topological polar surface area (TPSA) is 224 Å². The second-order valence-corrected chi connectivity index (χ2v) is 9.93. The van der Waals surface area contributed by atoms with E-state index < -0.39 is 33.4 Å². The van der Waals surface area contributed by atoms with Crippen LogP contribution in [-0.4, -0.2) is 63.0 Å². The van der Waals surface area contributed by atoms with E-state index in [4.69, 9.17) is 15.2 Å². The second kappa shape index (κ2) is 17.9. The largest absolute Gasteiger partial charge is 0.519 e. The zero-order valence-electron chi connectivity index (χ0n) is 24.3. The predicted molar refractivity (Wildman–Crippen MR) is 152 cm³/mol. The predicted octanol–water partition coefficient (Wildman–Crippen LogP) is 5.05. The van der Waals surface area contributed by atoms with Crippen molar-refractivity contribution in [2.24, 2.45) is 5.73 Å². The molecule has 0 saturated heterocycles. The summed E-state index contributed by atoms with van der Waals surface area (Å²) in [4.78, 5) is 49.8. The van der Waals surface area contributed by atoms with E-state index in [-0.39, 0.29) is 17.2 Å². The van der Waals surface area contributed by atoms with Gasteiger partial charge in [0.15, 0.2) is 0 Å². The third kappa shape index (κ3) is 17.6. The maximum Gasteiger partial charge on any atom is 0.519 e. The lowest BCUT2D eigenvalue weighted by atomic mass is 10.2. The Balaban J connectivity index is 0.000000587. The lowest BCUT2D eigenvalue weighted by molar-refractivity contribution is -0.384. The van der Waals surface area contributed by atoms with Crippen LogP contribution in [0, 0.1) is 20.2 Å². The van der Waals surface area contributed by atoms with Crippen molar-refractivity contribution in [3.05, 3.63) is 56.9 Å². The van der Waals surface area contributed by atoms with Crippen LogP contribution in [0.2, 0.25) is 0 Å². The van der Waals surface area contributed by atoms with E-state index in [0.717, 1.165) is 6.42 Å². The Morgan fingerprint density at radius 1 is 0.829 bits per heavy atom. The molecule has 228 valence electrons. The Labute approximate surface area is 238 Å². The molecule has 16 nitrogen and oxygen atoms in total. The fourth-order valence-corrected chi connectivity index (χ4v) is 2.40. The zero-order valence-corrected chi connectivity index (χ0v) is 24.3. The van der Waals surface area contributed by atoms with E-state index in [1.165, 1.54) is 30.6 Å². The first-order valence-electron chi connectivity index (χ1n) is 12.5. The van der Waals surface area contributed by atoms with Crippen LogP contribution in [0.5, 0.6) is 0 Å². The fraction of sp³-hybridized carbons (Fsp3) is 0.520. The third-order valence-corrected chi connectivity index (χ3v) is 3.89. The molecule has 0 bridgehead atoms. The van der Waals surface area contributed by atoms with E-state index >= 15 is 0 Å². The summed E-state index contributed by atoms with van der Waals surface area (Å²) >= 11 is 0. The van der Waals surface area contributed by atoms with Crippen molar-refractivity contribution in [1.82, 2.24) is 9.97 Å². The number of nitrogens with two attached hydrogens (primary N) is 1. The van der Waals surface area contributed by atoms with Gasteiger partial charge in [0, 0.05) is 44.2 Å². The van der Waals surface area contributed by atoms with Gasteiger partial charge in [-0.15, -0.1) is 0 Å². The fourth-order valence-electron chi connectivity index (χ4n) is 2.40. The molecule has 2 aromatic rings. The van der Waals surface area contributed by atoms with Crippen molar-refractivity contribution in [3.8, 4) is 0 Å². The van der Waals surface area contributed by atoms with Crippen molar-refractivity contribution < 1.29 is 33.6 Å². The van der Waals surface area contributed by atoms with Gasteiger partial charge < -0.3 is 30.6 Å². The molecule has 2 heterocycles. The van der Waals surface area contributed by atoms with Crippen molar-refractivity contribution in [2.45, 2.75) is 66.1 Å². The number of rotatable bonds is 8. The Kier molecular flexibility index (Phi) is 15.9. The third-order valence-electron chi connectivity index (χ3n) is 3.89. The van der Waals surface area contributed by atoms with E-state index in [2.05, 4.69) is 25.3 Å². The van der Waals surface area contributed by atoms with Crippen LogP contribution in [-0.2, 0) is 14.2 Å². The molecule has 2 rings (SSSR count). The molecule has 2 aromatic heterocycles. The zero-order chi connectivity index (χ0) is 31.6. The lowest BCUT2D eigenvalue weighted by Gasteiger charge is -2.20. The summed E-state index contributed by atoms with van der Waals surface area (Å²) < 4.78 is 13.8. The van der Waals surface area contributed by atoms with Crippen LogP contribution < -0.4 is 16.4 Å². The second-order valence-electron chi connectivity index (χ2n) is 9.93. The van der Waals surface area contributed by atoms with Gasteiger partial charge in [0.1, 0.15) is 11.2 Å². The van der Waals surface area contributed by atoms with Crippen LogP contribution in [0.25, 0.3) is 0 Å². The molecule has 0 unspecified atom stereocenters. The van der Waals surface area contributed by atoms with Gasteiger partial charge in [0.25, 0.3) is 0 Å². The highest BCUT2D eigenvalue weighted by molar-refractivity contribution is 5.77. The highest BCUT2D eigenvalue weighted by Gasteiger charge is 2.24. The van der Waals surface area contributed by atoms with Crippen molar-refractivity contribution in [3.63, 3.8) is 0 Å². The molecule has 0 saturated carbocycles. The maximum absolute atomic E-state index is 11.0. The van der Waals surface area contributed by atoms with Crippen molar-refractivity contribution in [1.29, 1.82) is 0 Å². The summed E-state index contributed by atoms with van der Waals surface area (Å²) in [5.74, 6) is 0.604. The number of pyridine rings is 2. The first kappa shape index (κ1) is 36.4. The van der Waals surface area contributed by atoms with Crippen LogP contribution in [0.4, 0.5) is 32.6 Å². The van der Waals surface area contributed by atoms with Crippen LogP contribution >= 0.6 is 0 Å². The summed E-state index contributed by atoms with van der Waals surface area (Å²) in [7, 11) is 0. The normalized spacial score (nSPS) is 10.4. The summed E-state index contributed by atoms with van der Waals surface area (Å²) in [6, 6.07) is 5.90. The quantitative estimate of drug-likeness (QED) is 0.161. The number of nitrogens with zero attached hydrogens (tertiary/aromatic N) is 4. The van der Waals surface area contributed by atoms with E-state index in [1.807, 2.05) is 6.92 Å². The molecule has 0 radical (unpaired) electrons. The van der Waals surface area contributed by atoms with E-state index in [9.17, 15) is 29.8 Å². The standard InChI is InChI=1S/C10H18O5.C8H11N3O2.C7H10N4O2/c1-9(2,3)14-7(11)13-8(12)15-10(4,5)6;1-2-5-9-8-7(11(12)13)4-3-6-10-8;8-3-5-10-7-6(11(12)13)2-1-4-9-7/h1-6H3;3-4,6H,2,5H2,1H3,(H,9,10);1-2,4H,3,5,8H2,(H,9,10). The average molecular weight is 582 g/mol. The van der Waals surface area contributed by atoms with Gasteiger partial charge in [-0.3, -0.25) is 20.2 Å². The summed E-state index contributed by atoms with van der Waals surface area (Å²) in [6.45, 7) is 13.6. The summed E-state index contributed by atoms with van der Waals surface area (Å²) in [6.07, 6.45) is 1.82. The van der Waals surface area contributed by atoms with Crippen LogP contribution in [0.15, 0.2) is 36.7 Å². The number of nitrogens with one attached hydrogen (secondary N) is 2. The first-order valence-corrected chi connectivity index (χ1v) is 12.5. The number of ether oxygens (including phenoxy) is 3. The molecule has 41 heavy (non-hydrogen) atoms. The molecular weight excluding hydrogens is 542 g/mol. The number of nitro groups is 2. The Morgan fingerprint density at radius 2 is 1.22 bits per heavy atom. The first-order chi connectivity index (χ1) is 19.0. The summed E-state index contributed by atoms with van der Waals surface area (Å²) in [5.41, 5.74) is 3.84. The number of anilines is 2. The molecular formula is C25H39N7O9. The van der Waals surface area contributed by atoms with Crippen molar-refractivity contribution in [2.75, 3.05) is 30.3 Å². The molecule has 16 heteroatoms. The molecule has 0 spiro atoms. The maximum atomic E-state index is 11.0. The smallest absolute Gasteiger partial charge is 0.428 e. The number of hydrogen-bond donors (Lipinski definition) is 3. The monoisotopic (exact) mass is 581 g/mol. The van der Waals surface area contributed by atoms with Crippen molar-refractivity contribution >= 4 is 35.3 Å². The molecule has 0 amide bonds. The molecule has 4 N–H and O–H groups in total. The van der Waals surface area contributed by atoms with Gasteiger partial charge in [0.2, 0.25) is 11.6 Å². The van der Waals surface area contributed by atoms with E-state index in [0.29, 0.717) is 25.5 Å². The van der Waals surface area contributed by atoms with Gasteiger partial charge in [0.05, 0.1) is 9.85 Å². The molecule has 0 aliphatic carbocycles. The Hall–Kier alpha value is -4.60. The SMILES string of the molecule is CC(C)(C)OC(=O)OC(=O)OC(C)(C)C.CCCNc1ncccc1[N+](=O)[O-].NCCNc1ncccc1[N+](=O)[O-]. The number of aromatic nitrogens is 2. The van der Waals surface area contributed by atoms with Gasteiger partial charge in [-0.1, -0.05) is 6.92 Å².